The first kappa shape index (κ1) is 23.9. The number of hydrogen-bond donors (Lipinski definition) is 0. The van der Waals surface area contributed by atoms with Gasteiger partial charge in [0.15, 0.2) is 11.0 Å². The van der Waals surface area contributed by atoms with Gasteiger partial charge < -0.3 is 9.64 Å². The van der Waals surface area contributed by atoms with Crippen LogP contribution < -0.4 is 4.74 Å². The maximum atomic E-state index is 13.1. The van der Waals surface area contributed by atoms with Gasteiger partial charge in [-0.1, -0.05) is 65.8 Å². The van der Waals surface area contributed by atoms with Crippen molar-refractivity contribution in [1.29, 1.82) is 0 Å². The van der Waals surface area contributed by atoms with Gasteiger partial charge in [0.05, 0.1) is 17.9 Å². The van der Waals surface area contributed by atoms with Crippen molar-refractivity contribution in [2.45, 2.75) is 23.9 Å². The van der Waals surface area contributed by atoms with E-state index in [0.29, 0.717) is 28.3 Å². The van der Waals surface area contributed by atoms with Crippen LogP contribution in [0, 0.1) is 0 Å². The van der Waals surface area contributed by atoms with Gasteiger partial charge in [-0.2, -0.15) is 0 Å². The summed E-state index contributed by atoms with van der Waals surface area (Å²) in [5.41, 5.74) is 2.73. The molecule has 0 N–H and O–H groups in total. The average Bonchev–Trinajstić information content (AvgIpc) is 3.27. The molecule has 1 amide bonds. The molecule has 0 fully saturated rings. The number of methoxy groups -OCH3 is 1. The van der Waals surface area contributed by atoms with Crippen molar-refractivity contribution in [2.24, 2.45) is 0 Å². The summed E-state index contributed by atoms with van der Waals surface area (Å²) < 4.78 is 7.49. The third-order valence-electron chi connectivity index (χ3n) is 5.33. The van der Waals surface area contributed by atoms with E-state index in [1.807, 2.05) is 97.4 Å². The van der Waals surface area contributed by atoms with Gasteiger partial charge >= 0.3 is 0 Å². The predicted octanol–water partition coefficient (Wildman–Crippen LogP) is 5.74. The van der Waals surface area contributed by atoms with E-state index in [1.54, 1.807) is 12.0 Å². The zero-order valence-electron chi connectivity index (χ0n) is 19.2. The number of para-hydroxylation sites is 1. The van der Waals surface area contributed by atoms with Crippen molar-refractivity contribution in [3.8, 4) is 22.8 Å². The van der Waals surface area contributed by atoms with Crippen LogP contribution in [0.4, 0.5) is 0 Å². The van der Waals surface area contributed by atoms with Crippen molar-refractivity contribution in [2.75, 3.05) is 14.2 Å². The molecule has 8 heteroatoms. The highest BCUT2D eigenvalue weighted by molar-refractivity contribution is 8.00. The molecule has 4 rings (SSSR count). The number of rotatable bonds is 8. The Morgan fingerprint density at radius 1 is 1.03 bits per heavy atom. The number of hydrogen-bond acceptors (Lipinski definition) is 5. The molecule has 0 spiro atoms. The number of thioether (sulfide) groups is 1. The molecule has 0 saturated carbocycles. The highest BCUT2D eigenvalue weighted by Gasteiger charge is 2.25. The third kappa shape index (κ3) is 5.26. The Balaban J connectivity index is 1.65. The van der Waals surface area contributed by atoms with Crippen LogP contribution in [-0.4, -0.2) is 45.0 Å². The molecule has 0 bridgehead atoms. The van der Waals surface area contributed by atoms with Crippen LogP contribution in [0.3, 0.4) is 0 Å². The molecular weight excluding hydrogens is 468 g/mol. The van der Waals surface area contributed by atoms with Crippen LogP contribution in [0.1, 0.15) is 12.5 Å². The van der Waals surface area contributed by atoms with E-state index in [9.17, 15) is 4.79 Å². The van der Waals surface area contributed by atoms with Gasteiger partial charge in [0.1, 0.15) is 5.75 Å². The van der Waals surface area contributed by atoms with E-state index in [0.717, 1.165) is 16.8 Å². The number of aromatic nitrogens is 3. The van der Waals surface area contributed by atoms with E-state index < -0.39 is 0 Å². The van der Waals surface area contributed by atoms with E-state index in [-0.39, 0.29) is 11.2 Å². The van der Waals surface area contributed by atoms with Crippen molar-refractivity contribution < 1.29 is 9.53 Å². The minimum Gasteiger partial charge on any atom is -0.496 e. The summed E-state index contributed by atoms with van der Waals surface area (Å²) in [5.74, 6) is 1.33. The minimum atomic E-state index is -0.366. The summed E-state index contributed by atoms with van der Waals surface area (Å²) >= 11 is 7.50. The summed E-state index contributed by atoms with van der Waals surface area (Å²) in [7, 11) is 3.44. The molecule has 34 heavy (non-hydrogen) atoms. The molecule has 0 radical (unpaired) electrons. The van der Waals surface area contributed by atoms with Gasteiger partial charge in [0.25, 0.3) is 0 Å². The van der Waals surface area contributed by atoms with Gasteiger partial charge in [-0.25, -0.2) is 0 Å². The molecule has 0 aliphatic rings. The molecule has 0 aliphatic carbocycles. The Kier molecular flexibility index (Phi) is 7.55. The van der Waals surface area contributed by atoms with Crippen LogP contribution in [-0.2, 0) is 11.3 Å². The van der Waals surface area contributed by atoms with Gasteiger partial charge in [-0.05, 0) is 48.9 Å². The smallest absolute Gasteiger partial charge is 0.235 e. The molecule has 174 valence electrons. The molecule has 4 aromatic rings. The average molecular weight is 493 g/mol. The lowest BCUT2D eigenvalue weighted by atomic mass is 10.2. The van der Waals surface area contributed by atoms with Crippen LogP contribution in [0.15, 0.2) is 84.0 Å². The van der Waals surface area contributed by atoms with Crippen LogP contribution in [0.25, 0.3) is 17.1 Å². The Hall–Kier alpha value is -3.29. The first-order valence-electron chi connectivity index (χ1n) is 10.8. The molecule has 0 aliphatic heterocycles. The molecular formula is C26H25ClN4O2S. The first-order valence-corrected chi connectivity index (χ1v) is 12.0. The number of nitrogens with zero attached hydrogens (tertiary/aromatic N) is 4. The quantitative estimate of drug-likeness (QED) is 0.294. The Labute approximate surface area is 208 Å². The fraction of sp³-hybridized carbons (Fsp3) is 0.192. The van der Waals surface area contributed by atoms with Gasteiger partial charge in [-0.3, -0.25) is 9.36 Å². The fourth-order valence-electron chi connectivity index (χ4n) is 3.63. The maximum Gasteiger partial charge on any atom is 0.235 e. The van der Waals surface area contributed by atoms with Crippen molar-refractivity contribution in [3.63, 3.8) is 0 Å². The minimum absolute atomic E-state index is 0.0124. The highest BCUT2D eigenvalue weighted by atomic mass is 35.5. The Morgan fingerprint density at radius 3 is 2.41 bits per heavy atom. The molecule has 0 saturated heterocycles. The summed E-state index contributed by atoms with van der Waals surface area (Å²) in [4.78, 5) is 14.9. The number of amides is 1. The van der Waals surface area contributed by atoms with Crippen LogP contribution in [0.2, 0.25) is 5.02 Å². The zero-order valence-corrected chi connectivity index (χ0v) is 20.8. The summed E-state index contributed by atoms with van der Waals surface area (Å²) in [6.45, 7) is 2.43. The molecule has 1 unspecified atom stereocenters. The zero-order chi connectivity index (χ0) is 24.1. The van der Waals surface area contributed by atoms with Gasteiger partial charge in [0.2, 0.25) is 5.91 Å². The first-order chi connectivity index (χ1) is 16.5. The van der Waals surface area contributed by atoms with Crippen molar-refractivity contribution >= 4 is 29.3 Å². The normalized spacial score (nSPS) is 11.8. The topological polar surface area (TPSA) is 60.3 Å². The Bertz CT molecular complexity index is 1260. The van der Waals surface area contributed by atoms with Crippen LogP contribution >= 0.6 is 23.4 Å². The molecule has 6 nitrogen and oxygen atoms in total. The van der Waals surface area contributed by atoms with Crippen LogP contribution in [0.5, 0.6) is 5.75 Å². The molecule has 1 atom stereocenters. The highest BCUT2D eigenvalue weighted by Crippen LogP contribution is 2.34. The third-order valence-corrected chi connectivity index (χ3v) is 6.62. The summed E-state index contributed by atoms with van der Waals surface area (Å²) in [6, 6.07) is 25.0. The maximum absolute atomic E-state index is 13.1. The number of benzene rings is 3. The monoisotopic (exact) mass is 492 g/mol. The number of halogens is 1. The molecule has 3 aromatic carbocycles. The second-order valence-corrected chi connectivity index (χ2v) is 9.50. The second-order valence-electron chi connectivity index (χ2n) is 7.76. The Morgan fingerprint density at radius 2 is 1.71 bits per heavy atom. The fourth-order valence-corrected chi connectivity index (χ4v) is 4.74. The lowest BCUT2D eigenvalue weighted by Gasteiger charge is -2.21. The number of carbonyl (C=O) groups is 1. The SMILES string of the molecule is COc1ccccc1-c1nnc(SC(C)C(=O)N(C)Cc2ccccc2)n1-c1ccc(Cl)cc1. The number of carbonyl (C=O) groups excluding carboxylic acids is 1. The lowest BCUT2D eigenvalue weighted by molar-refractivity contribution is -0.129. The van der Waals surface area contributed by atoms with Crippen molar-refractivity contribution in [3.05, 3.63) is 89.4 Å². The molecule has 1 heterocycles. The molecule has 1 aromatic heterocycles. The van der Waals surface area contributed by atoms with E-state index >= 15 is 0 Å². The predicted molar refractivity (Wildman–Crippen MR) is 137 cm³/mol. The summed E-state index contributed by atoms with van der Waals surface area (Å²) in [5, 5.41) is 9.80. The van der Waals surface area contributed by atoms with Gasteiger partial charge in [0, 0.05) is 24.3 Å². The van der Waals surface area contributed by atoms with E-state index in [2.05, 4.69) is 10.2 Å². The van der Waals surface area contributed by atoms with Gasteiger partial charge in [-0.15, -0.1) is 10.2 Å². The standard InChI is InChI=1S/C26H25ClN4O2S/c1-18(25(32)30(2)17-19-9-5-4-6-10-19)34-26-29-28-24(22-11-7-8-12-23(22)33-3)31(26)21-15-13-20(27)14-16-21/h4-16,18H,17H2,1-3H3. The summed E-state index contributed by atoms with van der Waals surface area (Å²) in [6.07, 6.45) is 0. The largest absolute Gasteiger partial charge is 0.496 e. The lowest BCUT2D eigenvalue weighted by Crippen LogP contribution is -2.32. The number of ether oxygens (including phenoxy) is 1. The second kappa shape index (κ2) is 10.8. The van der Waals surface area contributed by atoms with Crippen molar-refractivity contribution in [1.82, 2.24) is 19.7 Å². The van der Waals surface area contributed by atoms with E-state index in [4.69, 9.17) is 16.3 Å². The van der Waals surface area contributed by atoms with E-state index in [1.165, 1.54) is 11.8 Å².